The van der Waals surface area contributed by atoms with E-state index in [0.29, 0.717) is 0 Å². The molecule has 0 unspecified atom stereocenters. The van der Waals surface area contributed by atoms with E-state index in [4.69, 9.17) is 0 Å². The monoisotopic (exact) mass is 714 g/mol. The highest BCUT2D eigenvalue weighted by Crippen LogP contribution is 2.68. The molecule has 8 aromatic rings. The fourth-order valence-electron chi connectivity index (χ4n) is 11.1. The van der Waals surface area contributed by atoms with E-state index in [0.717, 1.165) is 43.8 Å². The zero-order valence-electron chi connectivity index (χ0n) is 32.0. The third-order valence-corrected chi connectivity index (χ3v) is 13.5. The number of fused-ring (bicyclic) bond motifs is 14. The summed E-state index contributed by atoms with van der Waals surface area (Å²) in [6.07, 6.45) is 0. The summed E-state index contributed by atoms with van der Waals surface area (Å²) in [5.74, 6) is -0.515. The summed E-state index contributed by atoms with van der Waals surface area (Å²) in [6, 6.07) is 45.4. The van der Waals surface area contributed by atoms with E-state index in [1.807, 2.05) is 24.3 Å². The second-order valence-corrected chi connectivity index (χ2v) is 17.5. The Bertz CT molecular complexity index is 2990. The molecule has 0 saturated carbocycles. The summed E-state index contributed by atoms with van der Waals surface area (Å²) >= 11 is 0. The molecule has 0 fully saturated rings. The van der Waals surface area contributed by atoms with Crippen LogP contribution in [0.3, 0.4) is 0 Å². The molecule has 55 heavy (non-hydrogen) atoms. The van der Waals surface area contributed by atoms with Crippen molar-refractivity contribution in [2.45, 2.75) is 57.8 Å². The quantitative estimate of drug-likeness (QED) is 0.156. The van der Waals surface area contributed by atoms with Gasteiger partial charge in [-0.05, 0) is 147 Å². The van der Waals surface area contributed by atoms with Gasteiger partial charge < -0.3 is 0 Å². The molecule has 8 aromatic carbocycles. The third-order valence-electron chi connectivity index (χ3n) is 13.5. The minimum atomic E-state index is -0.349. The van der Waals surface area contributed by atoms with E-state index in [1.54, 1.807) is 24.3 Å². The highest BCUT2D eigenvalue weighted by molar-refractivity contribution is 6.23. The van der Waals surface area contributed by atoms with E-state index in [1.165, 1.54) is 66.8 Å². The molecular weight excluding hydrogens is 675 g/mol. The highest BCUT2D eigenvalue weighted by Gasteiger charge is 2.52. The number of halogens is 2. The van der Waals surface area contributed by atoms with Crippen LogP contribution in [0.2, 0.25) is 0 Å². The van der Waals surface area contributed by atoms with Crippen molar-refractivity contribution < 1.29 is 8.78 Å². The van der Waals surface area contributed by atoms with Crippen molar-refractivity contribution in [2.24, 2.45) is 0 Å². The van der Waals surface area contributed by atoms with Crippen LogP contribution < -0.4 is 0 Å². The first-order valence-electron chi connectivity index (χ1n) is 19.4. The van der Waals surface area contributed by atoms with Gasteiger partial charge >= 0.3 is 0 Å². The highest BCUT2D eigenvalue weighted by atomic mass is 19.1. The molecule has 0 nitrogen and oxygen atoms in total. The van der Waals surface area contributed by atoms with Crippen molar-refractivity contribution in [1.82, 2.24) is 0 Å². The molecule has 3 aliphatic rings. The third kappa shape index (κ3) is 4.05. The summed E-state index contributed by atoms with van der Waals surface area (Å²) in [6.45, 7) is 14.5. The van der Waals surface area contributed by atoms with Crippen LogP contribution in [0.25, 0.3) is 77.2 Å². The number of rotatable bonds is 2. The minimum Gasteiger partial charge on any atom is -0.207 e. The lowest BCUT2D eigenvalue weighted by molar-refractivity contribution is 0.627. The van der Waals surface area contributed by atoms with E-state index in [9.17, 15) is 8.78 Å². The maximum atomic E-state index is 14.5. The first-order chi connectivity index (χ1) is 26.4. The maximum Gasteiger partial charge on any atom is 0.123 e. The van der Waals surface area contributed by atoms with Crippen LogP contribution in [0.1, 0.15) is 74.9 Å². The van der Waals surface area contributed by atoms with Gasteiger partial charge in [-0.15, -0.1) is 0 Å². The second-order valence-electron chi connectivity index (χ2n) is 17.5. The Kier molecular flexibility index (Phi) is 6.32. The first kappa shape index (κ1) is 32.6. The first-order valence-corrected chi connectivity index (χ1v) is 19.4. The fourth-order valence-corrected chi connectivity index (χ4v) is 11.1. The average Bonchev–Trinajstić information content (AvgIpc) is 3.66. The molecule has 0 aliphatic heterocycles. The average molecular weight is 715 g/mol. The van der Waals surface area contributed by atoms with Gasteiger partial charge in [-0.3, -0.25) is 0 Å². The van der Waals surface area contributed by atoms with Gasteiger partial charge in [-0.2, -0.15) is 0 Å². The molecule has 2 heteroatoms. The summed E-state index contributed by atoms with van der Waals surface area (Å²) in [4.78, 5) is 0. The topological polar surface area (TPSA) is 0 Å². The Hall–Kier alpha value is -5.86. The smallest absolute Gasteiger partial charge is 0.123 e. The molecule has 0 bridgehead atoms. The molecule has 0 spiro atoms. The van der Waals surface area contributed by atoms with Gasteiger partial charge in [0, 0.05) is 16.2 Å². The predicted molar refractivity (Wildman–Crippen MR) is 225 cm³/mol. The van der Waals surface area contributed by atoms with Crippen molar-refractivity contribution in [2.75, 3.05) is 0 Å². The van der Waals surface area contributed by atoms with Crippen LogP contribution in [-0.4, -0.2) is 0 Å². The minimum absolute atomic E-state index is 0.197. The Morgan fingerprint density at radius 1 is 0.327 bits per heavy atom. The number of hydrogen-bond acceptors (Lipinski definition) is 0. The summed E-state index contributed by atoms with van der Waals surface area (Å²) < 4.78 is 29.0. The van der Waals surface area contributed by atoms with Gasteiger partial charge in [0.2, 0.25) is 0 Å². The lowest BCUT2D eigenvalue weighted by atomic mass is 9.71. The fraction of sp³-hybridized carbons (Fsp3) is 0.170. The van der Waals surface area contributed by atoms with E-state index >= 15 is 0 Å². The standard InChI is InChI=1S/C53H40F2/c1-51(2)40-17-11-10-16-36(40)46-48(51)45-35-15-9-12-18-41(35)52(3,4)49(45)47-39-27-37-38(28-42(39)53(5,6)50(46)47)44(30-21-25-32(55)26-22-30)34-14-8-7-13-33(34)43(37)29-19-23-31(54)24-20-29/h7-28H,1-6H3. The second kappa shape index (κ2) is 10.7. The molecule has 0 saturated heterocycles. The maximum absolute atomic E-state index is 14.5. The Morgan fingerprint density at radius 2 is 0.691 bits per heavy atom. The van der Waals surface area contributed by atoms with Crippen molar-refractivity contribution in [1.29, 1.82) is 0 Å². The van der Waals surface area contributed by atoms with E-state index < -0.39 is 0 Å². The van der Waals surface area contributed by atoms with Crippen LogP contribution >= 0.6 is 0 Å². The summed E-state index contributed by atoms with van der Waals surface area (Å²) in [7, 11) is 0. The molecular formula is C53H40F2. The van der Waals surface area contributed by atoms with Crippen molar-refractivity contribution in [3.63, 3.8) is 0 Å². The van der Waals surface area contributed by atoms with E-state index in [2.05, 4.69) is 126 Å². The van der Waals surface area contributed by atoms with Crippen LogP contribution in [0.5, 0.6) is 0 Å². The van der Waals surface area contributed by atoms with Gasteiger partial charge in [-0.1, -0.05) is 139 Å². The molecule has 0 atom stereocenters. The number of hydrogen-bond donors (Lipinski definition) is 0. The van der Waals surface area contributed by atoms with Gasteiger partial charge in [0.05, 0.1) is 0 Å². The molecule has 266 valence electrons. The zero-order valence-corrected chi connectivity index (χ0v) is 32.0. The number of benzene rings is 8. The molecule has 3 aliphatic carbocycles. The van der Waals surface area contributed by atoms with Crippen molar-refractivity contribution in [3.8, 4) is 55.6 Å². The molecule has 0 amide bonds. The molecule has 0 radical (unpaired) electrons. The van der Waals surface area contributed by atoms with Gasteiger partial charge in [0.15, 0.2) is 0 Å². The lowest BCUT2D eigenvalue weighted by Crippen LogP contribution is -2.22. The Morgan fingerprint density at radius 3 is 1.15 bits per heavy atom. The predicted octanol–water partition coefficient (Wildman–Crippen LogP) is 14.5. The largest absolute Gasteiger partial charge is 0.207 e. The molecule has 11 rings (SSSR count). The molecule has 0 N–H and O–H groups in total. The van der Waals surface area contributed by atoms with Crippen molar-refractivity contribution in [3.05, 3.63) is 178 Å². The van der Waals surface area contributed by atoms with E-state index in [-0.39, 0.29) is 27.9 Å². The van der Waals surface area contributed by atoms with Crippen molar-refractivity contribution >= 4 is 21.5 Å². The zero-order chi connectivity index (χ0) is 37.8. The van der Waals surface area contributed by atoms with Gasteiger partial charge in [-0.25, -0.2) is 8.78 Å². The SMILES string of the molecule is CC1(C)c2ccccc2-c2c1c1c(c3c2C(C)(C)c2cc4c(-c5ccc(F)cc5)c5ccccc5c(-c5ccc(F)cc5)c4cc2-3)C(C)(C)c2ccccc2-1. The lowest BCUT2D eigenvalue weighted by Gasteiger charge is -2.31. The van der Waals surface area contributed by atoms with Crippen LogP contribution in [0.4, 0.5) is 8.78 Å². The molecule has 0 aromatic heterocycles. The van der Waals surface area contributed by atoms with Gasteiger partial charge in [0.1, 0.15) is 11.6 Å². The van der Waals surface area contributed by atoms with Crippen LogP contribution in [-0.2, 0) is 16.2 Å². The molecule has 0 heterocycles. The Labute approximate surface area is 321 Å². The van der Waals surface area contributed by atoms with Gasteiger partial charge in [0.25, 0.3) is 0 Å². The van der Waals surface area contributed by atoms with Crippen LogP contribution in [0, 0.1) is 11.6 Å². The summed E-state index contributed by atoms with van der Waals surface area (Å²) in [5.41, 5.74) is 19.7. The normalized spacial score (nSPS) is 16.1. The van der Waals surface area contributed by atoms with Crippen LogP contribution in [0.15, 0.2) is 133 Å². The Balaban J connectivity index is 1.36. The summed E-state index contributed by atoms with van der Waals surface area (Å²) in [5, 5.41) is 4.39.